The van der Waals surface area contributed by atoms with Gasteiger partial charge < -0.3 is 16.4 Å². The summed E-state index contributed by atoms with van der Waals surface area (Å²) in [4.78, 5) is 22.6. The van der Waals surface area contributed by atoms with E-state index < -0.39 is 11.8 Å². The molecule has 0 aliphatic heterocycles. The van der Waals surface area contributed by atoms with Crippen LogP contribution in [0.4, 0.5) is 0 Å². The van der Waals surface area contributed by atoms with Gasteiger partial charge in [0.25, 0.3) is 0 Å². The van der Waals surface area contributed by atoms with E-state index in [-0.39, 0.29) is 5.41 Å². The maximum absolute atomic E-state index is 11.4. The fraction of sp³-hybridized carbons (Fsp3) is 0.818. The van der Waals surface area contributed by atoms with Crippen LogP contribution in [0.5, 0.6) is 0 Å². The molecule has 4 N–H and O–H groups in total. The fourth-order valence-electron chi connectivity index (χ4n) is 2.05. The Labute approximate surface area is 96.1 Å². The van der Waals surface area contributed by atoms with Crippen molar-refractivity contribution < 1.29 is 9.59 Å². The lowest BCUT2D eigenvalue weighted by Crippen LogP contribution is -2.44. The van der Waals surface area contributed by atoms with Gasteiger partial charge in [0, 0.05) is 19.6 Å². The van der Waals surface area contributed by atoms with Crippen LogP contribution in [-0.4, -0.2) is 31.4 Å². The number of hydrogen-bond donors (Lipinski definition) is 3. The number of carbonyl (C=O) groups is 2. The van der Waals surface area contributed by atoms with E-state index in [0.29, 0.717) is 19.6 Å². The second-order valence-corrected chi connectivity index (χ2v) is 4.75. The zero-order valence-corrected chi connectivity index (χ0v) is 9.84. The molecule has 5 heteroatoms. The van der Waals surface area contributed by atoms with Crippen molar-refractivity contribution in [2.24, 2.45) is 11.1 Å². The van der Waals surface area contributed by atoms with Crippen LogP contribution in [-0.2, 0) is 9.59 Å². The molecule has 1 fully saturated rings. The molecular weight excluding hydrogens is 206 g/mol. The zero-order chi connectivity index (χ0) is 12.0. The lowest BCUT2D eigenvalue weighted by Gasteiger charge is -2.23. The molecule has 0 bridgehead atoms. The predicted molar refractivity (Wildman–Crippen MR) is 61.6 cm³/mol. The van der Waals surface area contributed by atoms with E-state index in [9.17, 15) is 9.59 Å². The van der Waals surface area contributed by atoms with Crippen molar-refractivity contribution in [3.05, 3.63) is 0 Å². The molecule has 0 aromatic carbocycles. The molecule has 0 aromatic rings. The van der Waals surface area contributed by atoms with Crippen molar-refractivity contribution in [3.63, 3.8) is 0 Å². The number of rotatable bonds is 4. The molecule has 0 aromatic heterocycles. The van der Waals surface area contributed by atoms with E-state index in [1.807, 2.05) is 0 Å². The second kappa shape index (κ2) is 5.84. The Kier molecular flexibility index (Phi) is 4.73. The topological polar surface area (TPSA) is 84.2 Å². The molecule has 1 aliphatic carbocycles. The Morgan fingerprint density at radius 3 is 2.31 bits per heavy atom. The van der Waals surface area contributed by atoms with E-state index in [0.717, 1.165) is 12.8 Å². The number of hydrogen-bond acceptors (Lipinski definition) is 3. The van der Waals surface area contributed by atoms with Gasteiger partial charge in [-0.3, -0.25) is 9.59 Å². The largest absolute Gasteiger partial charge is 0.347 e. The molecule has 2 amide bonds. The fourth-order valence-corrected chi connectivity index (χ4v) is 2.05. The van der Waals surface area contributed by atoms with Gasteiger partial charge in [0.15, 0.2) is 0 Å². The van der Waals surface area contributed by atoms with Crippen LogP contribution >= 0.6 is 0 Å². The number of amides is 2. The Morgan fingerprint density at radius 2 is 1.75 bits per heavy atom. The highest BCUT2D eigenvalue weighted by molar-refractivity contribution is 6.35. The van der Waals surface area contributed by atoms with Crippen molar-refractivity contribution in [3.8, 4) is 0 Å². The van der Waals surface area contributed by atoms with Crippen molar-refractivity contribution in [1.82, 2.24) is 10.6 Å². The smallest absolute Gasteiger partial charge is 0.309 e. The van der Waals surface area contributed by atoms with Gasteiger partial charge in [0.1, 0.15) is 0 Å². The first kappa shape index (κ1) is 13.0. The minimum Gasteiger partial charge on any atom is -0.347 e. The minimum absolute atomic E-state index is 0.170. The van der Waals surface area contributed by atoms with Gasteiger partial charge in [-0.1, -0.05) is 19.8 Å². The second-order valence-electron chi connectivity index (χ2n) is 4.75. The molecule has 16 heavy (non-hydrogen) atoms. The minimum atomic E-state index is -0.591. The van der Waals surface area contributed by atoms with Gasteiger partial charge in [-0.05, 0) is 18.3 Å². The van der Waals surface area contributed by atoms with Gasteiger partial charge >= 0.3 is 11.8 Å². The third kappa shape index (κ3) is 3.81. The average molecular weight is 227 g/mol. The van der Waals surface area contributed by atoms with E-state index >= 15 is 0 Å². The zero-order valence-electron chi connectivity index (χ0n) is 9.84. The molecule has 0 saturated heterocycles. The summed E-state index contributed by atoms with van der Waals surface area (Å²) < 4.78 is 0. The summed E-state index contributed by atoms with van der Waals surface area (Å²) in [5.74, 6) is -1.14. The summed E-state index contributed by atoms with van der Waals surface area (Å²) in [5, 5.41) is 5.13. The first-order valence-electron chi connectivity index (χ1n) is 5.83. The molecule has 5 nitrogen and oxygen atoms in total. The average Bonchev–Trinajstić information content (AvgIpc) is 2.70. The van der Waals surface area contributed by atoms with Crippen LogP contribution in [0.2, 0.25) is 0 Å². The highest BCUT2D eigenvalue weighted by atomic mass is 16.2. The first-order chi connectivity index (χ1) is 7.57. The molecule has 0 radical (unpaired) electrons. The Balaban J connectivity index is 2.26. The van der Waals surface area contributed by atoms with Gasteiger partial charge in [-0.2, -0.15) is 0 Å². The Hall–Kier alpha value is -1.10. The maximum Gasteiger partial charge on any atom is 0.309 e. The van der Waals surface area contributed by atoms with Crippen molar-refractivity contribution >= 4 is 11.8 Å². The quantitative estimate of drug-likeness (QED) is 0.579. The maximum atomic E-state index is 11.4. The summed E-state index contributed by atoms with van der Waals surface area (Å²) in [6.07, 6.45) is 4.67. The Morgan fingerprint density at radius 1 is 1.19 bits per heavy atom. The van der Waals surface area contributed by atoms with E-state index in [4.69, 9.17) is 5.73 Å². The standard InChI is InChI=1S/C11H21N3O2/c1-11(4-2-3-5-11)8-14-10(16)9(15)13-7-6-12/h2-8,12H2,1H3,(H,13,15)(H,14,16). The van der Waals surface area contributed by atoms with E-state index in [1.54, 1.807) is 0 Å². The van der Waals surface area contributed by atoms with E-state index in [1.165, 1.54) is 12.8 Å². The monoisotopic (exact) mass is 227 g/mol. The number of nitrogens with one attached hydrogen (secondary N) is 2. The summed E-state index contributed by atoms with van der Waals surface area (Å²) in [6.45, 7) is 3.42. The third-order valence-electron chi connectivity index (χ3n) is 3.12. The van der Waals surface area contributed by atoms with Crippen LogP contribution in [0, 0.1) is 5.41 Å². The molecule has 0 heterocycles. The van der Waals surface area contributed by atoms with E-state index in [2.05, 4.69) is 17.6 Å². The number of carbonyl (C=O) groups excluding carboxylic acids is 2. The van der Waals surface area contributed by atoms with Crippen LogP contribution in [0.1, 0.15) is 32.6 Å². The van der Waals surface area contributed by atoms with Crippen LogP contribution in [0.3, 0.4) is 0 Å². The molecular formula is C11H21N3O2. The third-order valence-corrected chi connectivity index (χ3v) is 3.12. The van der Waals surface area contributed by atoms with Gasteiger partial charge in [0.05, 0.1) is 0 Å². The molecule has 0 atom stereocenters. The van der Waals surface area contributed by atoms with Crippen molar-refractivity contribution in [2.45, 2.75) is 32.6 Å². The molecule has 0 unspecified atom stereocenters. The highest BCUT2D eigenvalue weighted by Crippen LogP contribution is 2.36. The summed E-state index contributed by atoms with van der Waals surface area (Å²) in [5.41, 5.74) is 5.40. The van der Waals surface area contributed by atoms with Crippen LogP contribution in [0.15, 0.2) is 0 Å². The number of nitrogens with two attached hydrogens (primary N) is 1. The molecule has 1 rings (SSSR count). The van der Waals surface area contributed by atoms with Gasteiger partial charge in [-0.25, -0.2) is 0 Å². The predicted octanol–water partition coefficient (Wildman–Crippen LogP) is -0.242. The lowest BCUT2D eigenvalue weighted by molar-refractivity contribution is -0.139. The molecule has 1 saturated carbocycles. The van der Waals surface area contributed by atoms with Crippen molar-refractivity contribution in [2.75, 3.05) is 19.6 Å². The lowest BCUT2D eigenvalue weighted by atomic mass is 9.89. The van der Waals surface area contributed by atoms with Crippen LogP contribution < -0.4 is 16.4 Å². The van der Waals surface area contributed by atoms with Gasteiger partial charge in [0.2, 0.25) is 0 Å². The highest BCUT2D eigenvalue weighted by Gasteiger charge is 2.29. The molecule has 0 spiro atoms. The Bertz CT molecular complexity index is 260. The van der Waals surface area contributed by atoms with Gasteiger partial charge in [-0.15, -0.1) is 0 Å². The normalized spacial score (nSPS) is 18.1. The summed E-state index contributed by atoms with van der Waals surface area (Å²) >= 11 is 0. The molecule has 92 valence electrons. The molecule has 1 aliphatic rings. The first-order valence-corrected chi connectivity index (χ1v) is 5.83. The summed E-state index contributed by atoms with van der Waals surface area (Å²) in [6, 6.07) is 0. The van der Waals surface area contributed by atoms with Crippen LogP contribution in [0.25, 0.3) is 0 Å². The van der Waals surface area contributed by atoms with Crippen molar-refractivity contribution in [1.29, 1.82) is 0 Å². The SMILES string of the molecule is CC1(CNC(=O)C(=O)NCCN)CCCC1. The summed E-state index contributed by atoms with van der Waals surface area (Å²) in [7, 11) is 0.